The van der Waals surface area contributed by atoms with E-state index in [1.165, 1.54) is 11.3 Å². The van der Waals surface area contributed by atoms with Gasteiger partial charge in [-0.15, -0.1) is 0 Å². The Bertz CT molecular complexity index is 2260. The molecular formula is C51H61N3O10S. The highest BCUT2D eigenvalue weighted by Gasteiger charge is 2.41. The maximum absolute atomic E-state index is 14.0. The first kappa shape index (κ1) is 49.7. The molecule has 14 heteroatoms. The molecule has 346 valence electrons. The first-order valence-corrected chi connectivity index (χ1v) is 23.0. The monoisotopic (exact) mass is 907 g/mol. The number of esters is 4. The molecular weight excluding hydrogens is 847 g/mol. The predicted octanol–water partition coefficient (Wildman–Crippen LogP) is 10.7. The van der Waals surface area contributed by atoms with E-state index in [0.29, 0.717) is 73.4 Å². The number of hydrazone groups is 1. The fraction of sp³-hybridized carbons (Fsp3) is 0.412. The van der Waals surface area contributed by atoms with Gasteiger partial charge in [0, 0.05) is 37.6 Å². The lowest BCUT2D eigenvalue weighted by molar-refractivity contribution is -0.166. The topological polar surface area (TPSA) is 152 Å². The van der Waals surface area contributed by atoms with Gasteiger partial charge in [0.2, 0.25) is 5.13 Å². The summed E-state index contributed by atoms with van der Waals surface area (Å²) >= 11 is 1.49. The van der Waals surface area contributed by atoms with Crippen molar-refractivity contribution in [2.24, 2.45) is 10.5 Å². The van der Waals surface area contributed by atoms with Gasteiger partial charge in [-0.1, -0.05) is 43.2 Å². The zero-order valence-electron chi connectivity index (χ0n) is 37.9. The zero-order chi connectivity index (χ0) is 46.7. The Kier molecular flexibility index (Phi) is 18.9. The number of fused-ring (bicyclic) bond motifs is 1. The summed E-state index contributed by atoms with van der Waals surface area (Å²) in [5.74, 6) is 0.00474. The number of nitrogens with zero attached hydrogens (tertiary/aromatic N) is 3. The molecule has 0 radical (unpaired) electrons. The van der Waals surface area contributed by atoms with Crippen LogP contribution in [0, 0.1) is 5.41 Å². The number of aromatic nitrogens is 1. The molecule has 0 saturated carbocycles. The summed E-state index contributed by atoms with van der Waals surface area (Å²) < 4.78 is 35.4. The summed E-state index contributed by atoms with van der Waals surface area (Å²) in [4.78, 5) is 54.8. The van der Waals surface area contributed by atoms with Gasteiger partial charge in [0.1, 0.15) is 17.1 Å². The van der Waals surface area contributed by atoms with E-state index in [9.17, 15) is 19.2 Å². The molecule has 65 heavy (non-hydrogen) atoms. The van der Waals surface area contributed by atoms with Crippen molar-refractivity contribution in [2.45, 2.75) is 96.5 Å². The van der Waals surface area contributed by atoms with Crippen LogP contribution in [0.25, 0.3) is 10.2 Å². The highest BCUT2D eigenvalue weighted by molar-refractivity contribution is 7.22. The molecule has 0 fully saturated rings. The second-order valence-electron chi connectivity index (χ2n) is 16.3. The zero-order valence-corrected chi connectivity index (χ0v) is 38.7. The van der Waals surface area contributed by atoms with Crippen molar-refractivity contribution < 1.29 is 47.6 Å². The minimum atomic E-state index is -1.11. The third kappa shape index (κ3) is 15.2. The first-order chi connectivity index (χ1) is 31.3. The van der Waals surface area contributed by atoms with E-state index in [1.807, 2.05) is 44.2 Å². The first-order valence-electron chi connectivity index (χ1n) is 22.2. The van der Waals surface area contributed by atoms with E-state index in [2.05, 4.69) is 19.7 Å². The minimum Gasteiger partial charge on any atom is -0.498 e. The van der Waals surface area contributed by atoms with Crippen LogP contribution in [-0.4, -0.2) is 73.6 Å². The van der Waals surface area contributed by atoms with Crippen LogP contribution in [0.4, 0.5) is 5.13 Å². The van der Waals surface area contributed by atoms with Gasteiger partial charge in [0.05, 0.1) is 59.1 Å². The number of allylic oxidation sites excluding steroid dienone is 4. The molecule has 0 aliphatic heterocycles. The van der Waals surface area contributed by atoms with Crippen molar-refractivity contribution in [3.05, 3.63) is 127 Å². The molecule has 0 N–H and O–H groups in total. The predicted molar refractivity (Wildman–Crippen MR) is 254 cm³/mol. The standard InChI is InChI=1S/C51H61N3O10S/c1-7-41(53-54(6)49-52-42-20-14-15-21-44(42)65-49)40-36-51(5,64-48(58)50(4)29-26-39(27-30-50)60-33-17-11-13-19-35-62-46(56)9-3)31-28-43(40)63-47(57)37-22-24-38(25-23-37)59-32-16-10-12-18-34-61-45(55)8-2/h7-9,14-15,20-26,28,36H,1-3,10-13,16-19,27,29-35H2,4-6H3/b53-41+. The number of benzene rings is 2. The fourth-order valence-electron chi connectivity index (χ4n) is 7.03. The SMILES string of the molecule is C=CC(=O)OCCCCCCOC1=CCC(C)(C(=O)OC2(C)C=C(/C(C=C)=N/N(C)c3nc4ccccc4s3)C(OC(=O)c3ccc(OCCCCCCOC(=O)C=C)cc3)=CC2)CC1. The van der Waals surface area contributed by atoms with Crippen LogP contribution in [0.3, 0.4) is 0 Å². The summed E-state index contributed by atoms with van der Waals surface area (Å²) in [5.41, 5.74) is 0.110. The summed E-state index contributed by atoms with van der Waals surface area (Å²) in [6.45, 7) is 16.4. The van der Waals surface area contributed by atoms with Crippen molar-refractivity contribution >= 4 is 56.3 Å². The Labute approximate surface area is 386 Å². The number of rotatable bonds is 26. The largest absolute Gasteiger partial charge is 0.498 e. The second-order valence-corrected chi connectivity index (χ2v) is 17.3. The van der Waals surface area contributed by atoms with E-state index in [4.69, 9.17) is 38.5 Å². The average molecular weight is 908 g/mol. The second kappa shape index (κ2) is 24.7. The van der Waals surface area contributed by atoms with E-state index in [-0.39, 0.29) is 18.1 Å². The lowest BCUT2D eigenvalue weighted by Crippen LogP contribution is -2.40. The summed E-state index contributed by atoms with van der Waals surface area (Å²) in [6.07, 6.45) is 18.3. The number of hydrogen-bond acceptors (Lipinski definition) is 14. The Hall–Kier alpha value is -6.28. The normalized spacial score (nSPS) is 18.3. The fourth-order valence-corrected chi connectivity index (χ4v) is 7.91. The quantitative estimate of drug-likeness (QED) is 0.0188. The van der Waals surface area contributed by atoms with Crippen LogP contribution < -0.4 is 9.75 Å². The Morgan fingerprint density at radius 1 is 0.785 bits per heavy atom. The summed E-state index contributed by atoms with van der Waals surface area (Å²) in [6, 6.07) is 14.6. The van der Waals surface area contributed by atoms with E-state index in [1.54, 1.807) is 54.6 Å². The van der Waals surface area contributed by atoms with Gasteiger partial charge in [0.25, 0.3) is 0 Å². The number of para-hydroxylation sites is 1. The molecule has 13 nitrogen and oxygen atoms in total. The van der Waals surface area contributed by atoms with Crippen molar-refractivity contribution in [2.75, 3.05) is 38.5 Å². The van der Waals surface area contributed by atoms with Crippen LogP contribution in [0.15, 0.2) is 127 Å². The van der Waals surface area contributed by atoms with E-state index in [0.717, 1.165) is 79.5 Å². The lowest BCUT2D eigenvalue weighted by atomic mass is 9.78. The molecule has 1 heterocycles. The average Bonchev–Trinajstić information content (AvgIpc) is 3.76. The summed E-state index contributed by atoms with van der Waals surface area (Å²) in [7, 11) is 1.79. The van der Waals surface area contributed by atoms with Crippen molar-refractivity contribution in [3.63, 3.8) is 0 Å². The number of hydrogen-bond donors (Lipinski definition) is 0. The van der Waals surface area contributed by atoms with Gasteiger partial charge < -0.3 is 28.4 Å². The van der Waals surface area contributed by atoms with Gasteiger partial charge in [0.15, 0.2) is 0 Å². The Morgan fingerprint density at radius 3 is 2.02 bits per heavy atom. The van der Waals surface area contributed by atoms with Crippen molar-refractivity contribution in [3.8, 4) is 5.75 Å². The van der Waals surface area contributed by atoms with Crippen molar-refractivity contribution in [1.82, 2.24) is 4.98 Å². The maximum atomic E-state index is 14.0. The molecule has 2 aliphatic rings. The van der Waals surface area contributed by atoms with Crippen molar-refractivity contribution in [1.29, 1.82) is 0 Å². The third-order valence-corrected chi connectivity index (χ3v) is 12.1. The molecule has 3 aromatic rings. The minimum absolute atomic E-state index is 0.243. The molecule has 1 aromatic heterocycles. The molecule has 2 atom stereocenters. The Morgan fingerprint density at radius 2 is 1.42 bits per heavy atom. The number of carbonyl (C=O) groups is 4. The molecule has 0 bridgehead atoms. The highest BCUT2D eigenvalue weighted by Crippen LogP contribution is 2.40. The maximum Gasteiger partial charge on any atom is 0.343 e. The van der Waals surface area contributed by atoms with Crippen LogP contribution in [0.5, 0.6) is 5.75 Å². The highest BCUT2D eigenvalue weighted by atomic mass is 32.1. The van der Waals surface area contributed by atoms with Gasteiger partial charge in [-0.3, -0.25) is 4.79 Å². The number of ether oxygens (including phenoxy) is 6. The van der Waals surface area contributed by atoms with Gasteiger partial charge in [-0.25, -0.2) is 24.4 Å². The van der Waals surface area contributed by atoms with Crippen LogP contribution in [0.2, 0.25) is 0 Å². The molecule has 5 rings (SSSR count). The summed E-state index contributed by atoms with van der Waals surface area (Å²) in [5, 5.41) is 7.17. The molecule has 0 saturated heterocycles. The molecule has 0 amide bonds. The molecule has 2 aromatic carbocycles. The Balaban J connectivity index is 1.22. The van der Waals surface area contributed by atoms with Crippen LogP contribution in [0.1, 0.15) is 101 Å². The number of carbonyl (C=O) groups excluding carboxylic acids is 4. The molecule has 0 spiro atoms. The van der Waals surface area contributed by atoms with E-state index >= 15 is 0 Å². The van der Waals surface area contributed by atoms with Crippen LogP contribution >= 0.6 is 11.3 Å². The van der Waals surface area contributed by atoms with Gasteiger partial charge in [-0.05, 0) is 139 Å². The number of anilines is 1. The molecule has 2 aliphatic carbocycles. The smallest absolute Gasteiger partial charge is 0.343 e. The number of unbranched alkanes of at least 4 members (excludes halogenated alkanes) is 6. The third-order valence-electron chi connectivity index (χ3n) is 11.0. The van der Waals surface area contributed by atoms with Crippen LogP contribution in [-0.2, 0) is 38.1 Å². The van der Waals surface area contributed by atoms with Gasteiger partial charge in [-0.2, -0.15) is 5.10 Å². The lowest BCUT2D eigenvalue weighted by Gasteiger charge is -2.36. The van der Waals surface area contributed by atoms with E-state index < -0.39 is 28.9 Å². The van der Waals surface area contributed by atoms with Gasteiger partial charge >= 0.3 is 23.9 Å². The number of thiazole rings is 1. The molecule has 2 unspecified atom stereocenters.